The van der Waals surface area contributed by atoms with E-state index >= 15 is 0 Å². The quantitative estimate of drug-likeness (QED) is 0.753. The maximum Gasteiger partial charge on any atom is 0.0672 e. The van der Waals surface area contributed by atoms with E-state index in [1.165, 1.54) is 25.7 Å². The van der Waals surface area contributed by atoms with Crippen molar-refractivity contribution in [2.24, 2.45) is 0 Å². The number of aromatic amines is 1. The summed E-state index contributed by atoms with van der Waals surface area (Å²) in [5, 5.41) is 12.5. The Labute approximate surface area is 117 Å². The molecule has 4 nitrogen and oxygen atoms in total. The summed E-state index contributed by atoms with van der Waals surface area (Å²) in [6.07, 6.45) is 9.07. The van der Waals surface area contributed by atoms with Crippen LogP contribution in [0.15, 0.2) is 18.3 Å². The van der Waals surface area contributed by atoms with Gasteiger partial charge in [-0.05, 0) is 44.1 Å². The Bertz CT molecular complexity index is 558. The number of fused-ring (bicyclic) bond motifs is 1. The molecule has 1 aliphatic rings. The lowest BCUT2D eigenvalue weighted by atomic mass is 9.94. The lowest BCUT2D eigenvalue weighted by Crippen LogP contribution is -2.27. The summed E-state index contributed by atoms with van der Waals surface area (Å²) in [5.41, 5.74) is 8.98. The SMILES string of the molecule is CSC1CCC(Nc2cc3[nH]ncc3cc2N)CC1. The third-order valence-electron chi connectivity index (χ3n) is 3.98. The first-order chi connectivity index (χ1) is 9.26. The number of hydrogen-bond acceptors (Lipinski definition) is 4. The lowest BCUT2D eigenvalue weighted by molar-refractivity contribution is 0.473. The fraction of sp³-hybridized carbons (Fsp3) is 0.500. The third-order valence-corrected chi connectivity index (χ3v) is 5.12. The van der Waals surface area contributed by atoms with Gasteiger partial charge >= 0.3 is 0 Å². The molecule has 1 fully saturated rings. The van der Waals surface area contributed by atoms with Crippen LogP contribution in [0.25, 0.3) is 10.9 Å². The molecule has 19 heavy (non-hydrogen) atoms. The van der Waals surface area contributed by atoms with E-state index in [2.05, 4.69) is 27.8 Å². The molecule has 4 N–H and O–H groups in total. The topological polar surface area (TPSA) is 66.7 Å². The molecule has 1 heterocycles. The van der Waals surface area contributed by atoms with Gasteiger partial charge in [0.1, 0.15) is 0 Å². The normalized spacial score (nSPS) is 23.6. The van der Waals surface area contributed by atoms with Gasteiger partial charge in [-0.1, -0.05) is 0 Å². The first-order valence-corrected chi connectivity index (χ1v) is 8.07. The summed E-state index contributed by atoms with van der Waals surface area (Å²) in [5.74, 6) is 0. The van der Waals surface area contributed by atoms with E-state index in [9.17, 15) is 0 Å². The van der Waals surface area contributed by atoms with Crippen LogP contribution in [0.3, 0.4) is 0 Å². The molecule has 0 bridgehead atoms. The minimum absolute atomic E-state index is 0.547. The van der Waals surface area contributed by atoms with E-state index in [1.54, 1.807) is 6.20 Å². The maximum atomic E-state index is 6.11. The number of hydrogen-bond donors (Lipinski definition) is 3. The summed E-state index contributed by atoms with van der Waals surface area (Å²) in [4.78, 5) is 0. The zero-order chi connectivity index (χ0) is 13.2. The average molecular weight is 276 g/mol. The zero-order valence-electron chi connectivity index (χ0n) is 11.1. The van der Waals surface area contributed by atoms with Gasteiger partial charge in [0.05, 0.1) is 23.1 Å². The van der Waals surface area contributed by atoms with Crippen molar-refractivity contribution in [2.45, 2.75) is 37.0 Å². The number of aromatic nitrogens is 2. The van der Waals surface area contributed by atoms with Crippen LogP contribution >= 0.6 is 11.8 Å². The molecule has 0 unspecified atom stereocenters. The Hall–Kier alpha value is -1.36. The molecule has 1 saturated carbocycles. The summed E-state index contributed by atoms with van der Waals surface area (Å²) in [6, 6.07) is 4.60. The minimum Gasteiger partial charge on any atom is -0.397 e. The molecular weight excluding hydrogens is 256 g/mol. The second-order valence-electron chi connectivity index (χ2n) is 5.25. The highest BCUT2D eigenvalue weighted by Gasteiger charge is 2.20. The van der Waals surface area contributed by atoms with Gasteiger partial charge < -0.3 is 11.1 Å². The van der Waals surface area contributed by atoms with Crippen LogP contribution in [0.1, 0.15) is 25.7 Å². The molecule has 0 aliphatic heterocycles. The molecule has 2 aromatic rings. The predicted octanol–water partition coefficient (Wildman–Crippen LogP) is 3.23. The van der Waals surface area contributed by atoms with Crippen LogP contribution in [0.5, 0.6) is 0 Å². The smallest absolute Gasteiger partial charge is 0.0672 e. The van der Waals surface area contributed by atoms with E-state index in [0.717, 1.165) is 27.5 Å². The molecule has 1 aliphatic carbocycles. The maximum absolute atomic E-state index is 6.11. The Morgan fingerprint density at radius 2 is 2.11 bits per heavy atom. The molecule has 1 aromatic carbocycles. The Morgan fingerprint density at radius 1 is 1.32 bits per heavy atom. The third kappa shape index (κ3) is 2.66. The van der Waals surface area contributed by atoms with Gasteiger partial charge in [-0.2, -0.15) is 16.9 Å². The second-order valence-corrected chi connectivity index (χ2v) is 6.39. The molecule has 3 rings (SSSR count). The van der Waals surface area contributed by atoms with Crippen LogP contribution < -0.4 is 11.1 Å². The molecule has 0 amide bonds. The Balaban J connectivity index is 1.72. The number of nitrogens with two attached hydrogens (primary N) is 1. The average Bonchev–Trinajstić information content (AvgIpc) is 2.87. The molecule has 1 aromatic heterocycles. The molecule has 0 saturated heterocycles. The Kier molecular flexibility index (Phi) is 3.55. The summed E-state index contributed by atoms with van der Waals surface area (Å²) >= 11 is 1.99. The van der Waals surface area contributed by atoms with Gasteiger partial charge in [0.15, 0.2) is 0 Å². The van der Waals surface area contributed by atoms with E-state index in [0.29, 0.717) is 6.04 Å². The van der Waals surface area contributed by atoms with Crippen molar-refractivity contribution in [1.82, 2.24) is 10.2 Å². The standard InChI is InChI=1S/C14H20N4S/c1-19-11-4-2-10(3-5-11)17-14-7-13-9(6-12(14)15)8-16-18-13/h6-8,10-11,17H,2-5,15H2,1H3,(H,16,18). The molecule has 0 radical (unpaired) electrons. The fourth-order valence-electron chi connectivity index (χ4n) is 2.80. The van der Waals surface area contributed by atoms with E-state index in [1.807, 2.05) is 17.8 Å². The second kappa shape index (κ2) is 5.33. The van der Waals surface area contributed by atoms with Crippen LogP contribution in [-0.2, 0) is 0 Å². The van der Waals surface area contributed by atoms with Gasteiger partial charge in [0.2, 0.25) is 0 Å². The monoisotopic (exact) mass is 276 g/mol. The number of nitrogens with zero attached hydrogens (tertiary/aromatic N) is 1. The van der Waals surface area contributed by atoms with Crippen molar-refractivity contribution in [2.75, 3.05) is 17.3 Å². The predicted molar refractivity (Wildman–Crippen MR) is 83.7 cm³/mol. The number of H-pyrrole nitrogens is 1. The van der Waals surface area contributed by atoms with E-state index < -0.39 is 0 Å². The lowest BCUT2D eigenvalue weighted by Gasteiger charge is -2.29. The van der Waals surface area contributed by atoms with Crippen LogP contribution in [0, 0.1) is 0 Å². The minimum atomic E-state index is 0.547. The molecule has 5 heteroatoms. The molecule has 0 spiro atoms. The summed E-state index contributed by atoms with van der Waals surface area (Å²) in [6.45, 7) is 0. The van der Waals surface area contributed by atoms with Gasteiger partial charge in [0.25, 0.3) is 0 Å². The van der Waals surface area contributed by atoms with Gasteiger partial charge in [-0.15, -0.1) is 0 Å². The van der Waals surface area contributed by atoms with Gasteiger partial charge in [-0.3, -0.25) is 5.10 Å². The van der Waals surface area contributed by atoms with E-state index in [4.69, 9.17) is 5.73 Å². The largest absolute Gasteiger partial charge is 0.397 e. The highest BCUT2D eigenvalue weighted by molar-refractivity contribution is 7.99. The number of nitrogen functional groups attached to an aromatic ring is 1. The van der Waals surface area contributed by atoms with Crippen LogP contribution in [0.4, 0.5) is 11.4 Å². The fourth-order valence-corrected chi connectivity index (χ4v) is 3.54. The van der Waals surface area contributed by atoms with Crippen molar-refractivity contribution >= 4 is 34.0 Å². The number of nitrogens with one attached hydrogen (secondary N) is 2. The highest BCUT2D eigenvalue weighted by atomic mass is 32.2. The number of thioether (sulfide) groups is 1. The summed E-state index contributed by atoms with van der Waals surface area (Å²) in [7, 11) is 0. The highest BCUT2D eigenvalue weighted by Crippen LogP contribution is 2.31. The van der Waals surface area contributed by atoms with E-state index in [-0.39, 0.29) is 0 Å². The number of anilines is 2. The van der Waals surface area contributed by atoms with Crippen molar-refractivity contribution in [3.8, 4) is 0 Å². The van der Waals surface area contributed by atoms with Crippen LogP contribution in [-0.4, -0.2) is 27.7 Å². The van der Waals surface area contributed by atoms with Gasteiger partial charge in [-0.25, -0.2) is 0 Å². The molecule has 0 atom stereocenters. The molecule has 102 valence electrons. The van der Waals surface area contributed by atoms with Gasteiger partial charge in [0, 0.05) is 16.7 Å². The first-order valence-electron chi connectivity index (χ1n) is 6.78. The van der Waals surface area contributed by atoms with Crippen molar-refractivity contribution in [3.05, 3.63) is 18.3 Å². The molecular formula is C14H20N4S. The summed E-state index contributed by atoms with van der Waals surface area (Å²) < 4.78 is 0. The Morgan fingerprint density at radius 3 is 2.84 bits per heavy atom. The number of benzene rings is 1. The van der Waals surface area contributed by atoms with Crippen molar-refractivity contribution in [1.29, 1.82) is 0 Å². The van der Waals surface area contributed by atoms with Crippen LogP contribution in [0.2, 0.25) is 0 Å². The van der Waals surface area contributed by atoms with Crippen molar-refractivity contribution < 1.29 is 0 Å². The van der Waals surface area contributed by atoms with Crippen molar-refractivity contribution in [3.63, 3.8) is 0 Å². The zero-order valence-corrected chi connectivity index (χ0v) is 12.0. The first kappa shape index (κ1) is 12.7. The number of rotatable bonds is 3.